The Labute approximate surface area is 157 Å². The number of rotatable bonds is 7. The Morgan fingerprint density at radius 1 is 1.15 bits per heavy atom. The molecule has 0 bridgehead atoms. The molecule has 2 heterocycles. The summed E-state index contributed by atoms with van der Waals surface area (Å²) in [6.45, 7) is 1.50. The largest absolute Gasteiger partial charge is 0.497 e. The molecule has 0 spiro atoms. The van der Waals surface area contributed by atoms with E-state index in [1.165, 1.54) is 0 Å². The molecule has 0 fully saturated rings. The molecular formula is C19H24N4O4. The molecular weight excluding hydrogens is 348 g/mol. The first-order valence-corrected chi connectivity index (χ1v) is 8.96. The predicted molar refractivity (Wildman–Crippen MR) is 100 cm³/mol. The first kappa shape index (κ1) is 18.9. The number of amides is 2. The zero-order chi connectivity index (χ0) is 19.2. The smallest absolute Gasteiger partial charge is 0.287 e. The molecule has 144 valence electrons. The zero-order valence-corrected chi connectivity index (χ0v) is 15.6. The van der Waals surface area contributed by atoms with E-state index in [4.69, 9.17) is 9.47 Å². The molecule has 2 amide bonds. The molecule has 1 aromatic heterocycles. The Kier molecular flexibility index (Phi) is 6.08. The second-order valence-electron chi connectivity index (χ2n) is 6.27. The monoisotopic (exact) mass is 372 g/mol. The van der Waals surface area contributed by atoms with Crippen LogP contribution in [0.3, 0.4) is 0 Å². The van der Waals surface area contributed by atoms with Crippen molar-refractivity contribution in [3.05, 3.63) is 41.5 Å². The predicted octanol–water partition coefficient (Wildman–Crippen LogP) is 1.86. The van der Waals surface area contributed by atoms with Gasteiger partial charge in [-0.3, -0.25) is 9.59 Å². The van der Waals surface area contributed by atoms with Gasteiger partial charge in [-0.15, -0.1) is 0 Å². The molecule has 2 N–H and O–H groups in total. The van der Waals surface area contributed by atoms with Gasteiger partial charge >= 0.3 is 0 Å². The van der Waals surface area contributed by atoms with Crippen LogP contribution < -0.4 is 15.4 Å². The molecule has 1 aliphatic heterocycles. The summed E-state index contributed by atoms with van der Waals surface area (Å²) in [5.41, 5.74) is 1.76. The van der Waals surface area contributed by atoms with Crippen molar-refractivity contribution in [3.63, 3.8) is 0 Å². The quantitative estimate of drug-likeness (QED) is 0.724. The maximum Gasteiger partial charge on any atom is 0.287 e. The number of methoxy groups -OCH3 is 2. The van der Waals surface area contributed by atoms with E-state index >= 15 is 0 Å². The molecule has 2 aromatic rings. The number of carbonyl (C=O) groups is 2. The minimum Gasteiger partial charge on any atom is -0.497 e. The number of carbonyl (C=O) groups excluding carboxylic acids is 2. The highest BCUT2D eigenvalue weighted by atomic mass is 16.5. The first-order chi connectivity index (χ1) is 13.1. The van der Waals surface area contributed by atoms with Crippen LogP contribution in [-0.4, -0.2) is 48.7 Å². The van der Waals surface area contributed by atoms with Crippen LogP contribution in [0.4, 0.5) is 5.69 Å². The van der Waals surface area contributed by atoms with Gasteiger partial charge < -0.3 is 24.7 Å². The van der Waals surface area contributed by atoms with Crippen molar-refractivity contribution in [2.45, 2.75) is 25.8 Å². The Hall–Kier alpha value is -2.87. The molecule has 0 radical (unpaired) electrons. The molecule has 0 unspecified atom stereocenters. The fourth-order valence-corrected chi connectivity index (χ4v) is 3.11. The summed E-state index contributed by atoms with van der Waals surface area (Å²) in [6.07, 6.45) is 2.66. The van der Waals surface area contributed by atoms with E-state index in [1.54, 1.807) is 38.5 Å². The van der Waals surface area contributed by atoms with Gasteiger partial charge in [-0.25, -0.2) is 4.98 Å². The summed E-state index contributed by atoms with van der Waals surface area (Å²) >= 11 is 0. The van der Waals surface area contributed by atoms with Gasteiger partial charge in [0, 0.05) is 25.9 Å². The van der Waals surface area contributed by atoms with Crippen molar-refractivity contribution in [1.29, 1.82) is 0 Å². The second kappa shape index (κ2) is 8.68. The van der Waals surface area contributed by atoms with Gasteiger partial charge in [-0.2, -0.15) is 0 Å². The van der Waals surface area contributed by atoms with E-state index < -0.39 is 0 Å². The third-order valence-corrected chi connectivity index (χ3v) is 4.48. The van der Waals surface area contributed by atoms with Gasteiger partial charge in [-0.05, 0) is 43.5 Å². The van der Waals surface area contributed by atoms with Crippen molar-refractivity contribution in [1.82, 2.24) is 14.9 Å². The lowest BCUT2D eigenvalue weighted by Crippen LogP contribution is -2.30. The van der Waals surface area contributed by atoms with E-state index in [1.807, 2.05) is 4.57 Å². The Bertz CT molecular complexity index is 814. The Balaban J connectivity index is 1.81. The lowest BCUT2D eigenvalue weighted by Gasteiger charge is -2.17. The zero-order valence-electron chi connectivity index (χ0n) is 15.6. The number of nitrogens with zero attached hydrogens (tertiary/aromatic N) is 2. The normalized spacial score (nSPS) is 13.0. The topological polar surface area (TPSA) is 94.5 Å². The summed E-state index contributed by atoms with van der Waals surface area (Å²) in [6, 6.07) is 7.06. The number of ether oxygens (including phenoxy) is 2. The Morgan fingerprint density at radius 2 is 1.93 bits per heavy atom. The highest BCUT2D eigenvalue weighted by molar-refractivity contribution is 6.05. The van der Waals surface area contributed by atoms with Crippen LogP contribution in [0.5, 0.6) is 5.75 Å². The summed E-state index contributed by atoms with van der Waals surface area (Å²) in [4.78, 5) is 29.6. The van der Waals surface area contributed by atoms with Crippen LogP contribution in [0.25, 0.3) is 0 Å². The minimum absolute atomic E-state index is 0.278. The standard InChI is InChI=1S/C19H24N4O4/c1-26-12-10-20-19(25)17-22-16(15-5-3-4-11-23(15)17)18(24)21-13-6-8-14(27-2)9-7-13/h6-9H,3-5,10-12H2,1-2H3,(H,20,25)(H,21,24). The number of benzene rings is 1. The van der Waals surface area contributed by atoms with Crippen LogP contribution in [-0.2, 0) is 17.7 Å². The highest BCUT2D eigenvalue weighted by Gasteiger charge is 2.27. The van der Waals surface area contributed by atoms with Gasteiger partial charge in [0.25, 0.3) is 11.8 Å². The molecule has 0 aliphatic carbocycles. The number of fused-ring (bicyclic) bond motifs is 1. The molecule has 1 aromatic carbocycles. The molecule has 0 saturated carbocycles. The maximum absolute atomic E-state index is 12.8. The van der Waals surface area contributed by atoms with Crippen LogP contribution in [0.15, 0.2) is 24.3 Å². The number of hydrogen-bond donors (Lipinski definition) is 2. The fraction of sp³-hybridized carbons (Fsp3) is 0.421. The number of nitrogens with one attached hydrogen (secondary N) is 2. The minimum atomic E-state index is -0.318. The van der Waals surface area contributed by atoms with E-state index in [-0.39, 0.29) is 17.6 Å². The van der Waals surface area contributed by atoms with Gasteiger partial charge in [0.15, 0.2) is 11.5 Å². The molecule has 8 heteroatoms. The number of anilines is 1. The summed E-state index contributed by atoms with van der Waals surface area (Å²) in [5, 5.41) is 5.61. The Morgan fingerprint density at radius 3 is 2.63 bits per heavy atom. The average molecular weight is 372 g/mol. The van der Waals surface area contributed by atoms with Crippen LogP contribution in [0.1, 0.15) is 39.6 Å². The molecule has 8 nitrogen and oxygen atoms in total. The summed E-state index contributed by atoms with van der Waals surface area (Å²) < 4.78 is 11.9. The third-order valence-electron chi connectivity index (χ3n) is 4.48. The van der Waals surface area contributed by atoms with E-state index in [2.05, 4.69) is 15.6 Å². The molecule has 3 rings (SSSR count). The second-order valence-corrected chi connectivity index (χ2v) is 6.27. The lowest BCUT2D eigenvalue weighted by atomic mass is 10.1. The van der Waals surface area contributed by atoms with E-state index in [0.717, 1.165) is 25.0 Å². The van der Waals surface area contributed by atoms with Crippen LogP contribution in [0, 0.1) is 0 Å². The molecule has 0 saturated heterocycles. The van der Waals surface area contributed by atoms with Gasteiger partial charge in [0.05, 0.1) is 19.4 Å². The van der Waals surface area contributed by atoms with Gasteiger partial charge in [0.1, 0.15) is 5.75 Å². The highest BCUT2D eigenvalue weighted by Crippen LogP contribution is 2.23. The van der Waals surface area contributed by atoms with Crippen molar-refractivity contribution < 1.29 is 19.1 Å². The van der Waals surface area contributed by atoms with Crippen molar-refractivity contribution >= 4 is 17.5 Å². The maximum atomic E-state index is 12.8. The van der Waals surface area contributed by atoms with Gasteiger partial charge in [-0.1, -0.05) is 0 Å². The van der Waals surface area contributed by atoms with E-state index in [9.17, 15) is 9.59 Å². The number of imidazole rings is 1. The lowest BCUT2D eigenvalue weighted by molar-refractivity contribution is 0.0921. The van der Waals surface area contributed by atoms with E-state index in [0.29, 0.717) is 36.8 Å². The van der Waals surface area contributed by atoms with Crippen LogP contribution in [0.2, 0.25) is 0 Å². The van der Waals surface area contributed by atoms with Crippen LogP contribution >= 0.6 is 0 Å². The molecule has 27 heavy (non-hydrogen) atoms. The van der Waals surface area contributed by atoms with Crippen molar-refractivity contribution in [3.8, 4) is 5.75 Å². The first-order valence-electron chi connectivity index (χ1n) is 8.96. The number of aromatic nitrogens is 2. The summed E-state index contributed by atoms with van der Waals surface area (Å²) in [5.74, 6) is 0.378. The summed E-state index contributed by atoms with van der Waals surface area (Å²) in [7, 11) is 3.16. The van der Waals surface area contributed by atoms with Crippen molar-refractivity contribution in [2.75, 3.05) is 32.7 Å². The molecule has 0 atom stereocenters. The van der Waals surface area contributed by atoms with Gasteiger partial charge in [0.2, 0.25) is 0 Å². The van der Waals surface area contributed by atoms with Crippen molar-refractivity contribution in [2.24, 2.45) is 0 Å². The number of hydrogen-bond acceptors (Lipinski definition) is 5. The SMILES string of the molecule is COCCNC(=O)c1nc(C(=O)Nc2ccc(OC)cc2)c2n1CCCC2. The molecule has 1 aliphatic rings. The third kappa shape index (κ3) is 4.28. The fourth-order valence-electron chi connectivity index (χ4n) is 3.11. The average Bonchev–Trinajstić information content (AvgIpc) is 3.09.